The summed E-state index contributed by atoms with van der Waals surface area (Å²) in [5, 5.41) is 4.36. The van der Waals surface area contributed by atoms with Crippen LogP contribution in [-0.2, 0) is 0 Å². The normalized spacial score (nSPS) is 12.3. The van der Waals surface area contributed by atoms with Gasteiger partial charge >= 0.3 is 0 Å². The predicted molar refractivity (Wildman–Crippen MR) is 77.1 cm³/mol. The van der Waals surface area contributed by atoms with Crippen LogP contribution in [0.2, 0.25) is 0 Å². The van der Waals surface area contributed by atoms with Gasteiger partial charge in [-0.3, -0.25) is 4.98 Å². The molecule has 0 aliphatic heterocycles. The highest BCUT2D eigenvalue weighted by Crippen LogP contribution is 2.25. The van der Waals surface area contributed by atoms with Crippen LogP contribution in [0.5, 0.6) is 0 Å². The van der Waals surface area contributed by atoms with E-state index in [0.717, 1.165) is 28.6 Å². The van der Waals surface area contributed by atoms with Crippen molar-refractivity contribution in [3.63, 3.8) is 0 Å². The summed E-state index contributed by atoms with van der Waals surface area (Å²) in [6, 6.07) is 6.33. The van der Waals surface area contributed by atoms with Crippen LogP contribution < -0.4 is 5.32 Å². The minimum Gasteiger partial charge on any atom is -0.309 e. The Morgan fingerprint density at radius 2 is 2.16 bits per heavy atom. The van der Waals surface area contributed by atoms with Crippen molar-refractivity contribution in [1.82, 2.24) is 20.3 Å². The Morgan fingerprint density at radius 3 is 2.79 bits per heavy atom. The second kappa shape index (κ2) is 7.21. The second-order valence-electron chi connectivity index (χ2n) is 4.24. The Labute approximate surface area is 118 Å². The van der Waals surface area contributed by atoms with Crippen molar-refractivity contribution in [2.75, 3.05) is 6.54 Å². The molecule has 0 fully saturated rings. The molecule has 1 N–H and O–H groups in total. The first kappa shape index (κ1) is 14.0. The lowest BCUT2D eigenvalue weighted by atomic mass is 10.2. The van der Waals surface area contributed by atoms with Crippen molar-refractivity contribution in [3.8, 4) is 0 Å². The Morgan fingerprint density at radius 1 is 1.26 bits per heavy atom. The van der Waals surface area contributed by atoms with Crippen LogP contribution in [0, 0.1) is 0 Å². The van der Waals surface area contributed by atoms with E-state index in [4.69, 9.17) is 0 Å². The van der Waals surface area contributed by atoms with Crippen molar-refractivity contribution < 1.29 is 0 Å². The Hall–Kier alpha value is -1.46. The zero-order chi connectivity index (χ0) is 13.5. The van der Waals surface area contributed by atoms with E-state index >= 15 is 0 Å². The molecule has 0 saturated heterocycles. The van der Waals surface area contributed by atoms with Crippen molar-refractivity contribution >= 4 is 11.8 Å². The molecule has 0 saturated carbocycles. The third kappa shape index (κ3) is 4.29. The van der Waals surface area contributed by atoms with Crippen LogP contribution in [0.25, 0.3) is 0 Å². The Bertz CT molecular complexity index is 487. The largest absolute Gasteiger partial charge is 0.309 e. The standard InChI is InChI=1S/C14H18N4S/c1-3-7-16-11(2)13-5-4-12(9-17-13)19-14-6-8-15-10-18-14/h4-6,8-11,16H,3,7H2,1-2H3. The highest BCUT2D eigenvalue weighted by Gasteiger charge is 2.06. The van der Waals surface area contributed by atoms with Gasteiger partial charge in [0.2, 0.25) is 0 Å². The summed E-state index contributed by atoms with van der Waals surface area (Å²) >= 11 is 1.59. The molecule has 2 rings (SSSR count). The molecule has 2 aromatic rings. The van der Waals surface area contributed by atoms with Crippen molar-refractivity contribution in [2.45, 2.75) is 36.2 Å². The third-order valence-corrected chi connectivity index (χ3v) is 3.61. The number of rotatable bonds is 6. The van der Waals surface area contributed by atoms with Crippen molar-refractivity contribution in [1.29, 1.82) is 0 Å². The highest BCUT2D eigenvalue weighted by molar-refractivity contribution is 7.99. The molecule has 1 unspecified atom stereocenters. The maximum absolute atomic E-state index is 4.50. The van der Waals surface area contributed by atoms with Gasteiger partial charge in [-0.2, -0.15) is 0 Å². The number of nitrogens with zero attached hydrogens (tertiary/aromatic N) is 3. The molecule has 0 aliphatic carbocycles. The average molecular weight is 274 g/mol. The van der Waals surface area contributed by atoms with Crippen LogP contribution in [0.4, 0.5) is 0 Å². The van der Waals surface area contributed by atoms with E-state index in [1.54, 1.807) is 24.3 Å². The topological polar surface area (TPSA) is 50.7 Å². The van der Waals surface area contributed by atoms with Crippen LogP contribution in [-0.4, -0.2) is 21.5 Å². The van der Waals surface area contributed by atoms with E-state index in [-0.39, 0.29) is 6.04 Å². The van der Waals surface area contributed by atoms with Gasteiger partial charge in [0, 0.05) is 23.3 Å². The Kier molecular flexibility index (Phi) is 5.30. The summed E-state index contributed by atoms with van der Waals surface area (Å²) in [6.07, 6.45) is 6.33. The molecule has 0 aromatic carbocycles. The quantitative estimate of drug-likeness (QED) is 0.820. The van der Waals surface area contributed by atoms with Crippen LogP contribution >= 0.6 is 11.8 Å². The van der Waals surface area contributed by atoms with Gasteiger partial charge in [-0.05, 0) is 38.1 Å². The molecule has 0 radical (unpaired) electrons. The molecule has 4 nitrogen and oxygen atoms in total. The zero-order valence-corrected chi connectivity index (χ0v) is 12.0. The van der Waals surface area contributed by atoms with E-state index in [1.165, 1.54) is 0 Å². The number of pyridine rings is 1. The van der Waals surface area contributed by atoms with Gasteiger partial charge in [-0.1, -0.05) is 18.7 Å². The van der Waals surface area contributed by atoms with Crippen molar-refractivity contribution in [3.05, 3.63) is 42.6 Å². The van der Waals surface area contributed by atoms with Gasteiger partial charge in [-0.25, -0.2) is 9.97 Å². The van der Waals surface area contributed by atoms with Gasteiger partial charge in [0.25, 0.3) is 0 Å². The molecular weight excluding hydrogens is 256 g/mol. The van der Waals surface area contributed by atoms with Gasteiger partial charge < -0.3 is 5.32 Å². The molecule has 100 valence electrons. The molecule has 19 heavy (non-hydrogen) atoms. The lowest BCUT2D eigenvalue weighted by Crippen LogP contribution is -2.20. The summed E-state index contributed by atoms with van der Waals surface area (Å²) in [5.74, 6) is 0. The molecular formula is C14H18N4S. The van der Waals surface area contributed by atoms with Gasteiger partial charge in [0.15, 0.2) is 0 Å². The fourth-order valence-electron chi connectivity index (χ4n) is 1.63. The number of hydrogen-bond acceptors (Lipinski definition) is 5. The van der Waals surface area contributed by atoms with E-state index < -0.39 is 0 Å². The predicted octanol–water partition coefficient (Wildman–Crippen LogP) is 3.08. The average Bonchev–Trinajstić information content (AvgIpc) is 2.46. The number of nitrogens with one attached hydrogen (secondary N) is 1. The van der Waals surface area contributed by atoms with Crippen LogP contribution in [0.3, 0.4) is 0 Å². The second-order valence-corrected chi connectivity index (χ2v) is 5.34. The maximum Gasteiger partial charge on any atom is 0.116 e. The molecule has 2 aromatic heterocycles. The third-order valence-electron chi connectivity index (χ3n) is 2.68. The molecule has 1 atom stereocenters. The first-order valence-electron chi connectivity index (χ1n) is 6.42. The minimum atomic E-state index is 0.290. The molecule has 0 amide bonds. The minimum absolute atomic E-state index is 0.290. The smallest absolute Gasteiger partial charge is 0.116 e. The van der Waals surface area contributed by atoms with E-state index in [1.807, 2.05) is 12.3 Å². The first-order chi connectivity index (χ1) is 9.29. The molecule has 0 bridgehead atoms. The first-order valence-corrected chi connectivity index (χ1v) is 7.24. The summed E-state index contributed by atoms with van der Waals surface area (Å²) in [6.45, 7) is 5.31. The molecule has 5 heteroatoms. The monoisotopic (exact) mass is 274 g/mol. The summed E-state index contributed by atoms with van der Waals surface area (Å²) in [5.41, 5.74) is 1.07. The fourth-order valence-corrected chi connectivity index (χ4v) is 2.35. The maximum atomic E-state index is 4.50. The fraction of sp³-hybridized carbons (Fsp3) is 0.357. The number of aromatic nitrogens is 3. The lowest BCUT2D eigenvalue weighted by Gasteiger charge is -2.12. The SMILES string of the molecule is CCCNC(C)c1ccc(Sc2ccncn2)cn1. The van der Waals surface area contributed by atoms with E-state index in [0.29, 0.717) is 0 Å². The molecule has 2 heterocycles. The zero-order valence-electron chi connectivity index (χ0n) is 11.2. The van der Waals surface area contributed by atoms with E-state index in [9.17, 15) is 0 Å². The van der Waals surface area contributed by atoms with Gasteiger partial charge in [0.05, 0.1) is 5.69 Å². The number of hydrogen-bond donors (Lipinski definition) is 1. The summed E-state index contributed by atoms with van der Waals surface area (Å²) < 4.78 is 0. The van der Waals surface area contributed by atoms with Gasteiger partial charge in [-0.15, -0.1) is 0 Å². The van der Waals surface area contributed by atoms with Crippen LogP contribution in [0.1, 0.15) is 32.0 Å². The summed E-state index contributed by atoms with van der Waals surface area (Å²) in [4.78, 5) is 13.7. The van der Waals surface area contributed by atoms with Crippen LogP contribution in [0.15, 0.2) is 46.8 Å². The van der Waals surface area contributed by atoms with Crippen molar-refractivity contribution in [2.24, 2.45) is 0 Å². The van der Waals surface area contributed by atoms with Gasteiger partial charge in [0.1, 0.15) is 11.4 Å². The summed E-state index contributed by atoms with van der Waals surface area (Å²) in [7, 11) is 0. The molecule has 0 aliphatic rings. The highest BCUT2D eigenvalue weighted by atomic mass is 32.2. The Balaban J connectivity index is 1.98. The molecule has 0 spiro atoms. The lowest BCUT2D eigenvalue weighted by molar-refractivity contribution is 0.558. The van der Waals surface area contributed by atoms with E-state index in [2.05, 4.69) is 46.2 Å².